The molecule has 78 valence electrons. The molecule has 0 N–H and O–H groups in total. The lowest BCUT2D eigenvalue weighted by molar-refractivity contribution is 0.412. The number of hydrogen-bond donors (Lipinski definition) is 0. The van der Waals surface area contributed by atoms with Crippen LogP contribution in [0.15, 0.2) is 23.1 Å². The van der Waals surface area contributed by atoms with Gasteiger partial charge in [0, 0.05) is 24.8 Å². The lowest BCUT2D eigenvalue weighted by Crippen LogP contribution is -2.25. The van der Waals surface area contributed by atoms with Crippen LogP contribution in [0.25, 0.3) is 0 Å². The molecule has 14 heavy (non-hydrogen) atoms. The van der Waals surface area contributed by atoms with E-state index in [1.165, 1.54) is 0 Å². The van der Waals surface area contributed by atoms with Gasteiger partial charge in [-0.1, -0.05) is 6.07 Å². The Hall–Kier alpha value is -1.09. The number of hydrogen-bond acceptors (Lipinski definition) is 2. The molecule has 0 fully saturated rings. The smallest absolute Gasteiger partial charge is 0.253 e. The zero-order valence-electron chi connectivity index (χ0n) is 9.16. The fraction of sp³-hybridized carbons (Fsp3) is 0.545. The van der Waals surface area contributed by atoms with Crippen molar-refractivity contribution in [2.24, 2.45) is 0 Å². The molecule has 3 nitrogen and oxygen atoms in total. The lowest BCUT2D eigenvalue weighted by Gasteiger charge is -2.09. The first-order chi connectivity index (χ1) is 6.65. The van der Waals surface area contributed by atoms with Crippen molar-refractivity contribution in [3.8, 4) is 0 Å². The van der Waals surface area contributed by atoms with Crippen LogP contribution < -0.4 is 5.56 Å². The van der Waals surface area contributed by atoms with Crippen molar-refractivity contribution in [2.75, 3.05) is 20.6 Å². The number of aromatic nitrogens is 1. The van der Waals surface area contributed by atoms with Gasteiger partial charge in [-0.2, -0.15) is 0 Å². The van der Waals surface area contributed by atoms with Gasteiger partial charge < -0.3 is 9.47 Å². The van der Waals surface area contributed by atoms with E-state index in [0.29, 0.717) is 0 Å². The molecule has 1 aromatic heterocycles. The van der Waals surface area contributed by atoms with Crippen LogP contribution >= 0.6 is 0 Å². The number of rotatable bonds is 4. The van der Waals surface area contributed by atoms with Crippen molar-refractivity contribution >= 4 is 0 Å². The van der Waals surface area contributed by atoms with E-state index < -0.39 is 0 Å². The molecular formula is C11H18N2O. The van der Waals surface area contributed by atoms with Crippen LogP contribution in [0.3, 0.4) is 0 Å². The molecule has 0 amide bonds. The monoisotopic (exact) mass is 194 g/mol. The Bertz CT molecular complexity index is 341. The highest BCUT2D eigenvalue weighted by molar-refractivity contribution is 5.10. The van der Waals surface area contributed by atoms with Gasteiger partial charge in [-0.25, -0.2) is 0 Å². The first-order valence-corrected chi connectivity index (χ1v) is 4.98. The van der Waals surface area contributed by atoms with Gasteiger partial charge in [-0.15, -0.1) is 0 Å². The topological polar surface area (TPSA) is 25.2 Å². The quantitative estimate of drug-likeness (QED) is 0.713. The molecule has 0 aromatic carbocycles. The van der Waals surface area contributed by atoms with E-state index in [-0.39, 0.29) is 5.56 Å². The summed E-state index contributed by atoms with van der Waals surface area (Å²) in [7, 11) is 4.03. The fourth-order valence-electron chi connectivity index (χ4n) is 1.37. The molecule has 1 heterocycles. The highest BCUT2D eigenvalue weighted by atomic mass is 16.1. The molecular weight excluding hydrogens is 176 g/mol. The van der Waals surface area contributed by atoms with Crippen LogP contribution in [0.5, 0.6) is 0 Å². The van der Waals surface area contributed by atoms with Gasteiger partial charge in [0.15, 0.2) is 0 Å². The lowest BCUT2D eigenvalue weighted by atomic mass is 10.2. The van der Waals surface area contributed by atoms with E-state index in [1.54, 1.807) is 4.57 Å². The zero-order chi connectivity index (χ0) is 10.6. The van der Waals surface area contributed by atoms with Crippen molar-refractivity contribution in [1.29, 1.82) is 0 Å². The maximum Gasteiger partial charge on any atom is 0.253 e. The van der Waals surface area contributed by atoms with Crippen LogP contribution in [0.2, 0.25) is 0 Å². The van der Waals surface area contributed by atoms with Crippen molar-refractivity contribution in [3.63, 3.8) is 0 Å². The van der Waals surface area contributed by atoms with E-state index in [9.17, 15) is 4.79 Å². The minimum absolute atomic E-state index is 0.150. The molecule has 0 saturated heterocycles. The zero-order valence-corrected chi connectivity index (χ0v) is 9.16. The first kappa shape index (κ1) is 11.0. The third-order valence-electron chi connectivity index (χ3n) is 2.27. The molecule has 0 bridgehead atoms. The van der Waals surface area contributed by atoms with Crippen molar-refractivity contribution in [1.82, 2.24) is 9.47 Å². The van der Waals surface area contributed by atoms with E-state index in [4.69, 9.17) is 0 Å². The standard InChI is InChI=1S/C11H18N2O/c1-4-13-8-5-6-10(11(13)14)7-9-12(2)3/h5-6,8H,4,7,9H2,1-3H3. The summed E-state index contributed by atoms with van der Waals surface area (Å²) < 4.78 is 1.74. The second kappa shape index (κ2) is 4.96. The SMILES string of the molecule is CCn1cccc(CCN(C)C)c1=O. The Morgan fingerprint density at radius 3 is 2.71 bits per heavy atom. The molecule has 0 unspecified atom stereocenters. The van der Waals surface area contributed by atoms with Crippen molar-refractivity contribution in [3.05, 3.63) is 34.2 Å². The second-order valence-corrected chi connectivity index (χ2v) is 3.68. The van der Waals surface area contributed by atoms with Gasteiger partial charge in [-0.05, 0) is 33.5 Å². The van der Waals surface area contributed by atoms with Gasteiger partial charge in [0.05, 0.1) is 0 Å². The third-order valence-corrected chi connectivity index (χ3v) is 2.27. The molecule has 0 radical (unpaired) electrons. The van der Waals surface area contributed by atoms with E-state index in [0.717, 1.165) is 25.1 Å². The Morgan fingerprint density at radius 1 is 1.43 bits per heavy atom. The summed E-state index contributed by atoms with van der Waals surface area (Å²) in [6.07, 6.45) is 2.66. The normalized spacial score (nSPS) is 10.9. The summed E-state index contributed by atoms with van der Waals surface area (Å²) >= 11 is 0. The number of likely N-dealkylation sites (N-methyl/N-ethyl adjacent to an activating group) is 1. The summed E-state index contributed by atoms with van der Waals surface area (Å²) in [4.78, 5) is 13.8. The summed E-state index contributed by atoms with van der Waals surface area (Å²) in [5.41, 5.74) is 1.06. The highest BCUT2D eigenvalue weighted by Gasteiger charge is 2.01. The summed E-state index contributed by atoms with van der Waals surface area (Å²) in [6.45, 7) is 3.65. The summed E-state index contributed by atoms with van der Waals surface area (Å²) in [5, 5.41) is 0. The largest absolute Gasteiger partial charge is 0.316 e. The predicted octanol–water partition coefficient (Wildman–Crippen LogP) is 0.972. The second-order valence-electron chi connectivity index (χ2n) is 3.68. The predicted molar refractivity (Wildman–Crippen MR) is 58.6 cm³/mol. The van der Waals surface area contributed by atoms with Crippen LogP contribution in [0.4, 0.5) is 0 Å². The van der Waals surface area contributed by atoms with Crippen molar-refractivity contribution < 1.29 is 0 Å². The first-order valence-electron chi connectivity index (χ1n) is 4.98. The molecule has 1 rings (SSSR count). The Balaban J connectivity index is 2.82. The van der Waals surface area contributed by atoms with Gasteiger partial charge in [-0.3, -0.25) is 4.79 Å². The fourth-order valence-corrected chi connectivity index (χ4v) is 1.37. The maximum absolute atomic E-state index is 11.8. The molecule has 3 heteroatoms. The van der Waals surface area contributed by atoms with Gasteiger partial charge in [0.25, 0.3) is 5.56 Å². The Labute approximate surface area is 85.0 Å². The summed E-state index contributed by atoms with van der Waals surface area (Å²) in [6, 6.07) is 3.86. The third kappa shape index (κ3) is 2.70. The van der Waals surface area contributed by atoms with Crippen molar-refractivity contribution in [2.45, 2.75) is 19.9 Å². The molecule has 0 aliphatic rings. The van der Waals surface area contributed by atoms with Crippen LogP contribution in [-0.2, 0) is 13.0 Å². The average Bonchev–Trinajstić information content (AvgIpc) is 2.16. The molecule has 0 aliphatic heterocycles. The van der Waals surface area contributed by atoms with Crippen LogP contribution in [0, 0.1) is 0 Å². The van der Waals surface area contributed by atoms with E-state index >= 15 is 0 Å². The van der Waals surface area contributed by atoms with Gasteiger partial charge >= 0.3 is 0 Å². The molecule has 0 spiro atoms. The molecule has 0 aliphatic carbocycles. The average molecular weight is 194 g/mol. The summed E-state index contributed by atoms with van der Waals surface area (Å²) in [5.74, 6) is 0. The Morgan fingerprint density at radius 2 is 2.14 bits per heavy atom. The Kier molecular flexibility index (Phi) is 3.89. The van der Waals surface area contributed by atoms with Gasteiger partial charge in [0.2, 0.25) is 0 Å². The maximum atomic E-state index is 11.8. The highest BCUT2D eigenvalue weighted by Crippen LogP contribution is 1.94. The van der Waals surface area contributed by atoms with Crippen LogP contribution in [0.1, 0.15) is 12.5 Å². The minimum Gasteiger partial charge on any atom is -0.316 e. The molecule has 0 atom stereocenters. The molecule has 0 saturated carbocycles. The number of nitrogens with zero attached hydrogens (tertiary/aromatic N) is 2. The number of pyridine rings is 1. The minimum atomic E-state index is 0.150. The van der Waals surface area contributed by atoms with E-state index in [2.05, 4.69) is 4.90 Å². The molecule has 1 aromatic rings. The number of aryl methyl sites for hydroxylation is 1. The van der Waals surface area contributed by atoms with Crippen LogP contribution in [-0.4, -0.2) is 30.1 Å². The van der Waals surface area contributed by atoms with Gasteiger partial charge in [0.1, 0.15) is 0 Å². The van der Waals surface area contributed by atoms with E-state index in [1.807, 2.05) is 39.3 Å².